The van der Waals surface area contributed by atoms with Crippen LogP contribution in [0.5, 0.6) is 0 Å². The van der Waals surface area contributed by atoms with Crippen LogP contribution in [0.1, 0.15) is 17.0 Å². The first kappa shape index (κ1) is 22.0. The zero-order valence-electron chi connectivity index (χ0n) is 19.0. The Morgan fingerprint density at radius 3 is 2.79 bits per heavy atom. The molecular formula is C25H23BClN5O2. The zero-order valence-corrected chi connectivity index (χ0v) is 19.7. The number of furan rings is 1. The predicted molar refractivity (Wildman–Crippen MR) is 138 cm³/mol. The van der Waals surface area contributed by atoms with Crippen LogP contribution < -0.4 is 10.8 Å². The van der Waals surface area contributed by atoms with Crippen molar-refractivity contribution in [3.8, 4) is 11.3 Å². The zero-order chi connectivity index (χ0) is 23.7. The Hall–Kier alpha value is -3.78. The number of fused-ring (bicyclic) bond motifs is 2. The second-order valence-corrected chi connectivity index (χ2v) is 8.63. The summed E-state index contributed by atoms with van der Waals surface area (Å²) >= 11 is 6.42. The molecule has 7 nitrogen and oxygen atoms in total. The first-order chi connectivity index (χ1) is 16.5. The Morgan fingerprint density at radius 1 is 1.18 bits per heavy atom. The fraction of sp³-hybridized carbons (Fsp3) is 0.160. The molecule has 2 aromatic carbocycles. The van der Waals surface area contributed by atoms with E-state index in [9.17, 15) is 4.79 Å². The maximum atomic E-state index is 12.8. The molecule has 0 fully saturated rings. The number of hydrogen-bond acceptors (Lipinski definition) is 5. The molecule has 5 aromatic rings. The first-order valence-electron chi connectivity index (χ1n) is 11.1. The fourth-order valence-electron chi connectivity index (χ4n) is 3.92. The Balaban J connectivity index is 1.27. The van der Waals surface area contributed by atoms with Crippen molar-refractivity contribution in [3.05, 3.63) is 77.6 Å². The summed E-state index contributed by atoms with van der Waals surface area (Å²) in [6.07, 6.45) is 2.54. The average molecular weight is 472 g/mol. The molecule has 1 N–H and O–H groups in total. The largest absolute Gasteiger partial charge is 0.451 e. The van der Waals surface area contributed by atoms with Gasteiger partial charge in [0, 0.05) is 48.4 Å². The van der Waals surface area contributed by atoms with Gasteiger partial charge in [-0.15, -0.1) is 0 Å². The van der Waals surface area contributed by atoms with Crippen molar-refractivity contribution >= 4 is 53.3 Å². The molecule has 9 heteroatoms. The number of benzene rings is 2. The van der Waals surface area contributed by atoms with E-state index in [1.54, 1.807) is 28.7 Å². The monoisotopic (exact) mass is 471 g/mol. The third-order valence-electron chi connectivity index (χ3n) is 5.76. The van der Waals surface area contributed by atoms with Gasteiger partial charge in [-0.3, -0.25) is 4.79 Å². The maximum Gasteiger partial charge on any atom is 0.289 e. The number of carbonyl (C=O) groups is 1. The van der Waals surface area contributed by atoms with Crippen molar-refractivity contribution in [1.82, 2.24) is 19.5 Å². The highest BCUT2D eigenvalue weighted by atomic mass is 35.5. The van der Waals surface area contributed by atoms with Crippen molar-refractivity contribution in [1.29, 1.82) is 0 Å². The standard InChI is InChI=1S/C25H23BClN5O2/c1-31(25(33)22-13-16-7-2-5-10-21(16)34-22)12-6-11-28-23-14-20(17-8-3-4-9-19(17)27)30-24-18(26)15-29-32(23)24/h2-5,7-10,13-15,28H,6,11-12,26H2,1H3. The van der Waals surface area contributed by atoms with Crippen LogP contribution in [0, 0.1) is 0 Å². The molecule has 1 amide bonds. The number of nitrogens with one attached hydrogen (secondary N) is 1. The van der Waals surface area contributed by atoms with Crippen LogP contribution in [0.4, 0.5) is 5.82 Å². The van der Waals surface area contributed by atoms with E-state index in [4.69, 9.17) is 21.0 Å². The van der Waals surface area contributed by atoms with Gasteiger partial charge in [-0.05, 0) is 30.1 Å². The molecular weight excluding hydrogens is 449 g/mol. The molecule has 0 aliphatic heterocycles. The van der Waals surface area contributed by atoms with Gasteiger partial charge in [-0.2, -0.15) is 9.61 Å². The normalized spacial score (nSPS) is 11.2. The van der Waals surface area contributed by atoms with Crippen molar-refractivity contribution in [2.45, 2.75) is 6.42 Å². The van der Waals surface area contributed by atoms with Crippen LogP contribution in [-0.2, 0) is 0 Å². The summed E-state index contributed by atoms with van der Waals surface area (Å²) in [5.41, 5.74) is 4.12. The molecule has 3 heterocycles. The summed E-state index contributed by atoms with van der Waals surface area (Å²) in [5.74, 6) is 1.04. The minimum Gasteiger partial charge on any atom is -0.451 e. The molecule has 34 heavy (non-hydrogen) atoms. The SMILES string of the molecule is Bc1cnn2c(NCCCN(C)C(=O)c3cc4ccccc4o3)cc(-c3ccccc3Cl)nc12. The van der Waals surface area contributed by atoms with Gasteiger partial charge in [0.2, 0.25) is 0 Å². The lowest BCUT2D eigenvalue weighted by atomic mass is 10.0. The lowest BCUT2D eigenvalue weighted by Crippen LogP contribution is -2.28. The summed E-state index contributed by atoms with van der Waals surface area (Å²) in [6, 6.07) is 19.0. The van der Waals surface area contributed by atoms with E-state index in [-0.39, 0.29) is 5.91 Å². The number of halogens is 1. The molecule has 0 saturated carbocycles. The summed E-state index contributed by atoms with van der Waals surface area (Å²) in [5, 5.41) is 9.47. The fourth-order valence-corrected chi connectivity index (χ4v) is 4.15. The number of para-hydroxylation sites is 1. The molecule has 0 atom stereocenters. The second kappa shape index (κ2) is 9.23. The van der Waals surface area contributed by atoms with Crippen LogP contribution in [0.15, 0.2) is 71.3 Å². The van der Waals surface area contributed by atoms with Crippen LogP contribution in [0.3, 0.4) is 0 Å². The average Bonchev–Trinajstić information content (AvgIpc) is 3.45. The first-order valence-corrected chi connectivity index (χ1v) is 11.5. The lowest BCUT2D eigenvalue weighted by Gasteiger charge is -2.16. The molecule has 0 radical (unpaired) electrons. The van der Waals surface area contributed by atoms with Crippen LogP contribution >= 0.6 is 11.6 Å². The molecule has 3 aromatic heterocycles. The van der Waals surface area contributed by atoms with Gasteiger partial charge in [0.15, 0.2) is 11.4 Å². The smallest absolute Gasteiger partial charge is 0.289 e. The number of aromatic nitrogens is 3. The number of hydrogen-bond donors (Lipinski definition) is 1. The van der Waals surface area contributed by atoms with E-state index in [0.29, 0.717) is 29.5 Å². The van der Waals surface area contributed by atoms with Crippen molar-refractivity contribution in [2.24, 2.45) is 0 Å². The Bertz CT molecular complexity index is 1460. The van der Waals surface area contributed by atoms with Gasteiger partial charge < -0.3 is 14.6 Å². The van der Waals surface area contributed by atoms with Gasteiger partial charge in [-0.25, -0.2) is 4.98 Å². The summed E-state index contributed by atoms with van der Waals surface area (Å²) in [4.78, 5) is 19.2. The quantitative estimate of drug-likeness (QED) is 0.290. The van der Waals surface area contributed by atoms with E-state index >= 15 is 0 Å². The summed E-state index contributed by atoms with van der Waals surface area (Å²) < 4.78 is 7.50. The topological polar surface area (TPSA) is 75.7 Å². The van der Waals surface area contributed by atoms with Crippen molar-refractivity contribution in [3.63, 3.8) is 0 Å². The molecule has 5 rings (SSSR count). The van der Waals surface area contributed by atoms with E-state index < -0.39 is 0 Å². The number of anilines is 1. The minimum absolute atomic E-state index is 0.133. The number of nitrogens with zero attached hydrogens (tertiary/aromatic N) is 4. The van der Waals surface area contributed by atoms with Crippen LogP contribution in [-0.4, -0.2) is 53.4 Å². The molecule has 0 spiro atoms. The minimum atomic E-state index is -0.133. The third kappa shape index (κ3) is 4.24. The number of carbonyl (C=O) groups excluding carboxylic acids is 1. The van der Waals surface area contributed by atoms with Gasteiger partial charge in [0.05, 0.1) is 5.69 Å². The maximum absolute atomic E-state index is 12.8. The van der Waals surface area contributed by atoms with E-state index in [2.05, 4.69) is 10.4 Å². The number of amides is 1. The predicted octanol–water partition coefficient (Wildman–Crippen LogP) is 3.63. The highest BCUT2D eigenvalue weighted by Gasteiger charge is 2.17. The highest BCUT2D eigenvalue weighted by Crippen LogP contribution is 2.28. The van der Waals surface area contributed by atoms with Crippen LogP contribution in [0.25, 0.3) is 27.9 Å². The Labute approximate surface area is 202 Å². The second-order valence-electron chi connectivity index (χ2n) is 8.22. The van der Waals surface area contributed by atoms with Crippen molar-refractivity contribution < 1.29 is 9.21 Å². The summed E-state index contributed by atoms with van der Waals surface area (Å²) in [6.45, 7) is 1.23. The third-order valence-corrected chi connectivity index (χ3v) is 6.09. The molecule has 0 saturated heterocycles. The molecule has 0 aliphatic rings. The van der Waals surface area contributed by atoms with E-state index in [0.717, 1.165) is 40.0 Å². The van der Waals surface area contributed by atoms with Crippen LogP contribution in [0.2, 0.25) is 5.02 Å². The lowest BCUT2D eigenvalue weighted by molar-refractivity contribution is 0.0765. The van der Waals surface area contributed by atoms with Gasteiger partial charge in [0.25, 0.3) is 5.91 Å². The van der Waals surface area contributed by atoms with E-state index in [1.807, 2.05) is 62.4 Å². The molecule has 0 aliphatic carbocycles. The Kier molecular flexibility index (Phi) is 5.98. The van der Waals surface area contributed by atoms with Gasteiger partial charge in [-0.1, -0.05) is 48.0 Å². The van der Waals surface area contributed by atoms with Gasteiger partial charge in [0.1, 0.15) is 19.2 Å². The summed E-state index contributed by atoms with van der Waals surface area (Å²) in [7, 11) is 3.76. The Morgan fingerprint density at radius 2 is 1.97 bits per heavy atom. The number of rotatable bonds is 7. The van der Waals surface area contributed by atoms with Crippen molar-refractivity contribution in [2.75, 3.05) is 25.5 Å². The van der Waals surface area contributed by atoms with Gasteiger partial charge >= 0.3 is 0 Å². The molecule has 0 bridgehead atoms. The molecule has 170 valence electrons. The van der Waals surface area contributed by atoms with E-state index in [1.165, 1.54) is 0 Å². The highest BCUT2D eigenvalue weighted by molar-refractivity contribution is 6.36. The molecule has 0 unspecified atom stereocenters.